The lowest BCUT2D eigenvalue weighted by molar-refractivity contribution is 0.802. The molecule has 0 fully saturated rings. The highest BCUT2D eigenvalue weighted by molar-refractivity contribution is 5.53. The smallest absolute Gasteiger partial charge is 0.207 e. The van der Waals surface area contributed by atoms with Gasteiger partial charge >= 0.3 is 0 Å². The molecule has 0 amide bonds. The average molecular weight is 264 g/mol. The molecule has 0 atom stereocenters. The van der Waals surface area contributed by atoms with Gasteiger partial charge in [-0.05, 0) is 30.7 Å². The van der Waals surface area contributed by atoms with E-state index in [0.29, 0.717) is 0 Å². The van der Waals surface area contributed by atoms with Crippen molar-refractivity contribution in [1.82, 2.24) is 14.5 Å². The van der Waals surface area contributed by atoms with Gasteiger partial charge < -0.3 is 9.88 Å². The number of hydrogen-bond acceptors (Lipinski definition) is 3. The van der Waals surface area contributed by atoms with Crippen LogP contribution in [0.15, 0.2) is 61.1 Å². The molecule has 2 aromatic heterocycles. The van der Waals surface area contributed by atoms with E-state index in [1.165, 1.54) is 0 Å². The number of imidazole rings is 1. The van der Waals surface area contributed by atoms with E-state index in [9.17, 15) is 0 Å². The van der Waals surface area contributed by atoms with Gasteiger partial charge in [0, 0.05) is 30.0 Å². The normalized spacial score (nSPS) is 10.4. The first kappa shape index (κ1) is 12.4. The summed E-state index contributed by atoms with van der Waals surface area (Å²) in [4.78, 5) is 8.68. The van der Waals surface area contributed by atoms with Crippen LogP contribution in [0.25, 0.3) is 0 Å². The van der Waals surface area contributed by atoms with Crippen LogP contribution >= 0.6 is 0 Å². The summed E-state index contributed by atoms with van der Waals surface area (Å²) in [6, 6.07) is 14.2. The van der Waals surface area contributed by atoms with E-state index in [1.807, 2.05) is 55.7 Å². The highest BCUT2D eigenvalue weighted by Gasteiger charge is 2.04. The second-order valence-electron chi connectivity index (χ2n) is 4.68. The molecule has 0 spiro atoms. The van der Waals surface area contributed by atoms with Crippen LogP contribution in [0.5, 0.6) is 0 Å². The van der Waals surface area contributed by atoms with Crippen LogP contribution in [0, 0.1) is 6.92 Å². The lowest BCUT2D eigenvalue weighted by atomic mass is 10.2. The Morgan fingerprint density at radius 1 is 1.05 bits per heavy atom. The second-order valence-corrected chi connectivity index (χ2v) is 4.68. The van der Waals surface area contributed by atoms with E-state index in [2.05, 4.69) is 25.9 Å². The summed E-state index contributed by atoms with van der Waals surface area (Å²) in [5.41, 5.74) is 3.22. The predicted octanol–water partition coefficient (Wildman–Crippen LogP) is 3.38. The monoisotopic (exact) mass is 264 g/mol. The van der Waals surface area contributed by atoms with E-state index in [0.717, 1.165) is 29.4 Å². The minimum absolute atomic E-state index is 0.752. The standard InChI is InChI=1S/C16H16N4/c1-13-7-8-14(11-18-13)12-20-10-9-17-16(20)19-15-5-3-2-4-6-15/h2-11H,12H2,1H3,(H,17,19). The SMILES string of the molecule is Cc1ccc(Cn2ccnc2Nc2ccccc2)cn1. The third-order valence-corrected chi connectivity index (χ3v) is 3.07. The molecule has 0 unspecified atom stereocenters. The van der Waals surface area contributed by atoms with Gasteiger partial charge in [0.2, 0.25) is 5.95 Å². The molecule has 4 heteroatoms. The van der Waals surface area contributed by atoms with Gasteiger partial charge in [0.25, 0.3) is 0 Å². The number of pyridine rings is 1. The zero-order valence-electron chi connectivity index (χ0n) is 11.3. The van der Waals surface area contributed by atoms with E-state index in [4.69, 9.17) is 0 Å². The zero-order chi connectivity index (χ0) is 13.8. The molecular weight excluding hydrogens is 248 g/mol. The van der Waals surface area contributed by atoms with Crippen molar-refractivity contribution in [3.63, 3.8) is 0 Å². The van der Waals surface area contributed by atoms with Crippen LogP contribution in [0.2, 0.25) is 0 Å². The number of hydrogen-bond donors (Lipinski definition) is 1. The molecule has 1 N–H and O–H groups in total. The molecule has 0 aliphatic rings. The first-order valence-corrected chi connectivity index (χ1v) is 6.56. The van der Waals surface area contributed by atoms with E-state index >= 15 is 0 Å². The number of aryl methyl sites for hydroxylation is 1. The van der Waals surface area contributed by atoms with Crippen molar-refractivity contribution in [1.29, 1.82) is 0 Å². The fourth-order valence-electron chi connectivity index (χ4n) is 2.00. The Hall–Kier alpha value is -2.62. The van der Waals surface area contributed by atoms with Crippen molar-refractivity contribution in [2.45, 2.75) is 13.5 Å². The average Bonchev–Trinajstić information content (AvgIpc) is 2.90. The van der Waals surface area contributed by atoms with Crippen molar-refractivity contribution < 1.29 is 0 Å². The van der Waals surface area contributed by atoms with Gasteiger partial charge in [0.15, 0.2) is 0 Å². The zero-order valence-corrected chi connectivity index (χ0v) is 11.3. The third kappa shape index (κ3) is 2.85. The maximum absolute atomic E-state index is 4.36. The Morgan fingerprint density at radius 3 is 2.65 bits per heavy atom. The van der Waals surface area contributed by atoms with E-state index < -0.39 is 0 Å². The minimum atomic E-state index is 0.752. The Balaban J connectivity index is 1.78. The molecule has 3 aromatic rings. The highest BCUT2D eigenvalue weighted by atomic mass is 15.2. The maximum Gasteiger partial charge on any atom is 0.207 e. The Kier molecular flexibility index (Phi) is 3.46. The van der Waals surface area contributed by atoms with Gasteiger partial charge in [0.1, 0.15) is 0 Å². The fourth-order valence-corrected chi connectivity index (χ4v) is 2.00. The summed E-state index contributed by atoms with van der Waals surface area (Å²) in [6.07, 6.45) is 5.67. The van der Waals surface area contributed by atoms with Crippen LogP contribution in [-0.4, -0.2) is 14.5 Å². The summed E-state index contributed by atoms with van der Waals surface area (Å²) >= 11 is 0. The predicted molar refractivity (Wildman–Crippen MR) is 80.0 cm³/mol. The Labute approximate surface area is 118 Å². The van der Waals surface area contributed by atoms with E-state index in [-0.39, 0.29) is 0 Å². The number of rotatable bonds is 4. The van der Waals surface area contributed by atoms with Gasteiger partial charge in [-0.3, -0.25) is 4.98 Å². The van der Waals surface area contributed by atoms with Gasteiger partial charge in [-0.25, -0.2) is 4.98 Å². The molecule has 0 aliphatic heterocycles. The number of nitrogens with zero attached hydrogens (tertiary/aromatic N) is 3. The van der Waals surface area contributed by atoms with Crippen LogP contribution in [-0.2, 0) is 6.54 Å². The number of nitrogens with one attached hydrogen (secondary N) is 1. The molecule has 3 rings (SSSR count). The Bertz CT molecular complexity index is 671. The van der Waals surface area contributed by atoms with Crippen LogP contribution in [0.3, 0.4) is 0 Å². The summed E-state index contributed by atoms with van der Waals surface area (Å²) in [6.45, 7) is 2.74. The highest BCUT2D eigenvalue weighted by Crippen LogP contribution is 2.15. The number of benzene rings is 1. The van der Waals surface area contributed by atoms with E-state index in [1.54, 1.807) is 6.20 Å². The van der Waals surface area contributed by atoms with Gasteiger partial charge in [-0.15, -0.1) is 0 Å². The third-order valence-electron chi connectivity index (χ3n) is 3.07. The number of para-hydroxylation sites is 1. The summed E-state index contributed by atoms with van der Waals surface area (Å²) in [5, 5.41) is 3.32. The van der Waals surface area contributed by atoms with Gasteiger partial charge in [0.05, 0.1) is 6.54 Å². The van der Waals surface area contributed by atoms with Crippen LogP contribution in [0.4, 0.5) is 11.6 Å². The van der Waals surface area contributed by atoms with Crippen LogP contribution < -0.4 is 5.32 Å². The van der Waals surface area contributed by atoms with Gasteiger partial charge in [-0.1, -0.05) is 24.3 Å². The molecule has 1 aromatic carbocycles. The summed E-state index contributed by atoms with van der Waals surface area (Å²) in [7, 11) is 0. The largest absolute Gasteiger partial charge is 0.326 e. The molecular formula is C16H16N4. The number of anilines is 2. The topological polar surface area (TPSA) is 42.7 Å². The molecule has 0 radical (unpaired) electrons. The summed E-state index contributed by atoms with van der Waals surface area (Å²) in [5.74, 6) is 0.830. The molecule has 100 valence electrons. The minimum Gasteiger partial charge on any atom is -0.326 e. The first-order valence-electron chi connectivity index (χ1n) is 6.56. The fraction of sp³-hybridized carbons (Fsp3) is 0.125. The quantitative estimate of drug-likeness (QED) is 0.785. The lowest BCUT2D eigenvalue weighted by Gasteiger charge is -2.09. The number of aromatic nitrogens is 3. The van der Waals surface area contributed by atoms with Crippen molar-refractivity contribution >= 4 is 11.6 Å². The van der Waals surface area contributed by atoms with Crippen molar-refractivity contribution in [3.8, 4) is 0 Å². The lowest BCUT2D eigenvalue weighted by Crippen LogP contribution is -2.04. The van der Waals surface area contributed by atoms with Gasteiger partial charge in [-0.2, -0.15) is 0 Å². The van der Waals surface area contributed by atoms with Crippen LogP contribution in [0.1, 0.15) is 11.3 Å². The summed E-state index contributed by atoms with van der Waals surface area (Å²) < 4.78 is 2.07. The molecule has 0 saturated carbocycles. The van der Waals surface area contributed by atoms with Crippen molar-refractivity contribution in [2.24, 2.45) is 0 Å². The second kappa shape index (κ2) is 5.57. The Morgan fingerprint density at radius 2 is 1.90 bits per heavy atom. The molecule has 20 heavy (non-hydrogen) atoms. The maximum atomic E-state index is 4.36. The first-order chi connectivity index (χ1) is 9.81. The van der Waals surface area contributed by atoms with Crippen molar-refractivity contribution in [2.75, 3.05) is 5.32 Å². The molecule has 0 aliphatic carbocycles. The molecule has 0 bridgehead atoms. The molecule has 2 heterocycles. The molecule has 4 nitrogen and oxygen atoms in total. The van der Waals surface area contributed by atoms with Crippen molar-refractivity contribution in [3.05, 3.63) is 72.3 Å². The molecule has 0 saturated heterocycles.